The van der Waals surface area contributed by atoms with Crippen LogP contribution in [-0.4, -0.2) is 12.7 Å². The summed E-state index contributed by atoms with van der Waals surface area (Å²) in [6, 6.07) is 0. The molecule has 3 nitrogen and oxygen atoms in total. The van der Waals surface area contributed by atoms with Crippen LogP contribution < -0.4 is 0 Å². The van der Waals surface area contributed by atoms with Crippen molar-refractivity contribution in [3.05, 3.63) is 0 Å². The van der Waals surface area contributed by atoms with Crippen LogP contribution in [0, 0.1) is 11.3 Å². The van der Waals surface area contributed by atoms with Gasteiger partial charge in [0.2, 0.25) is 0 Å². The molecule has 102 valence electrons. The topological polar surface area (TPSA) is 35.5 Å². The standard InChI is InChI=1S/C12H24FO3P/c1-5-15-17(13,14)16-11-8-6-10(7-9-11)12(2,3)4/h10-11H,5-9H2,1-4H3. The zero-order valence-electron chi connectivity index (χ0n) is 11.2. The minimum Gasteiger partial charge on any atom is -0.284 e. The van der Waals surface area contributed by atoms with Gasteiger partial charge in [0, 0.05) is 0 Å². The summed E-state index contributed by atoms with van der Waals surface area (Å²) in [4.78, 5) is 0. The van der Waals surface area contributed by atoms with Gasteiger partial charge in [0.1, 0.15) is 0 Å². The Morgan fingerprint density at radius 2 is 1.76 bits per heavy atom. The first-order valence-corrected chi connectivity index (χ1v) is 7.80. The van der Waals surface area contributed by atoms with E-state index in [-0.39, 0.29) is 18.1 Å². The van der Waals surface area contributed by atoms with Gasteiger partial charge in [0.15, 0.2) is 0 Å². The minimum absolute atomic E-state index is 0.0745. The fourth-order valence-corrected chi connectivity index (χ4v) is 3.33. The molecule has 17 heavy (non-hydrogen) atoms. The summed E-state index contributed by atoms with van der Waals surface area (Å²) >= 11 is 0. The molecule has 0 radical (unpaired) electrons. The summed E-state index contributed by atoms with van der Waals surface area (Å²) in [6.45, 7) is 8.34. The first kappa shape index (κ1) is 15.1. The van der Waals surface area contributed by atoms with Gasteiger partial charge in [-0.15, -0.1) is 4.20 Å². The van der Waals surface area contributed by atoms with Gasteiger partial charge < -0.3 is 0 Å². The Morgan fingerprint density at radius 3 is 2.18 bits per heavy atom. The third-order valence-corrected chi connectivity index (χ3v) is 4.57. The van der Waals surface area contributed by atoms with Crippen molar-refractivity contribution < 1.29 is 17.8 Å². The number of hydrogen-bond acceptors (Lipinski definition) is 3. The Bertz CT molecular complexity index is 280. The van der Waals surface area contributed by atoms with E-state index in [0.717, 1.165) is 25.7 Å². The lowest BCUT2D eigenvalue weighted by atomic mass is 9.72. The van der Waals surface area contributed by atoms with E-state index in [9.17, 15) is 8.76 Å². The van der Waals surface area contributed by atoms with E-state index in [1.54, 1.807) is 6.92 Å². The van der Waals surface area contributed by atoms with Crippen LogP contribution in [0.1, 0.15) is 53.4 Å². The molecule has 1 atom stereocenters. The number of hydrogen-bond donors (Lipinski definition) is 0. The highest BCUT2D eigenvalue weighted by molar-refractivity contribution is 7.48. The third-order valence-electron chi connectivity index (χ3n) is 3.46. The molecule has 0 amide bonds. The van der Waals surface area contributed by atoms with Gasteiger partial charge in [-0.05, 0) is 43.9 Å². The molecule has 1 saturated carbocycles. The second kappa shape index (κ2) is 5.81. The summed E-state index contributed by atoms with van der Waals surface area (Å²) in [5.74, 6) is 0.633. The van der Waals surface area contributed by atoms with E-state index in [2.05, 4.69) is 25.3 Å². The van der Waals surface area contributed by atoms with Gasteiger partial charge in [0.05, 0.1) is 12.7 Å². The second-order valence-corrected chi connectivity index (χ2v) is 7.12. The quantitative estimate of drug-likeness (QED) is 0.690. The molecule has 0 spiro atoms. The predicted octanol–water partition coefficient (Wildman–Crippen LogP) is 4.72. The molecule has 1 aliphatic carbocycles. The highest BCUT2D eigenvalue weighted by Gasteiger charge is 2.34. The van der Waals surface area contributed by atoms with E-state index in [1.807, 2.05) is 0 Å². The minimum atomic E-state index is -4.32. The van der Waals surface area contributed by atoms with Gasteiger partial charge in [-0.3, -0.25) is 9.05 Å². The van der Waals surface area contributed by atoms with E-state index in [0.29, 0.717) is 5.92 Å². The molecule has 0 bridgehead atoms. The van der Waals surface area contributed by atoms with Crippen LogP contribution in [0.4, 0.5) is 4.20 Å². The second-order valence-electron chi connectivity index (χ2n) is 5.79. The van der Waals surface area contributed by atoms with E-state index < -0.39 is 7.91 Å². The predicted molar refractivity (Wildman–Crippen MR) is 66.6 cm³/mol. The molecule has 0 N–H and O–H groups in total. The van der Waals surface area contributed by atoms with Crippen LogP contribution in [0.15, 0.2) is 0 Å². The van der Waals surface area contributed by atoms with Crippen molar-refractivity contribution in [1.29, 1.82) is 0 Å². The van der Waals surface area contributed by atoms with Crippen molar-refractivity contribution in [2.24, 2.45) is 11.3 Å². The molecule has 0 aliphatic heterocycles. The Kier molecular flexibility index (Phi) is 5.18. The van der Waals surface area contributed by atoms with Gasteiger partial charge in [0.25, 0.3) is 0 Å². The normalized spacial score (nSPS) is 29.9. The third kappa shape index (κ3) is 5.07. The fourth-order valence-electron chi connectivity index (χ4n) is 2.40. The zero-order valence-corrected chi connectivity index (χ0v) is 12.1. The van der Waals surface area contributed by atoms with Crippen molar-refractivity contribution in [3.8, 4) is 0 Å². The van der Waals surface area contributed by atoms with Gasteiger partial charge in [-0.25, -0.2) is 4.57 Å². The van der Waals surface area contributed by atoms with Crippen molar-refractivity contribution in [3.63, 3.8) is 0 Å². The first-order chi connectivity index (χ1) is 7.74. The maximum Gasteiger partial charge on any atom is 0.513 e. The van der Waals surface area contributed by atoms with Crippen molar-refractivity contribution in [2.75, 3.05) is 6.61 Å². The highest BCUT2D eigenvalue weighted by atomic mass is 31.2. The maximum absolute atomic E-state index is 13.3. The van der Waals surface area contributed by atoms with Crippen LogP contribution >= 0.6 is 7.91 Å². The van der Waals surface area contributed by atoms with Crippen molar-refractivity contribution >= 4 is 7.91 Å². The van der Waals surface area contributed by atoms with Crippen LogP contribution in [0.2, 0.25) is 0 Å². The summed E-state index contributed by atoms with van der Waals surface area (Å²) in [5, 5.41) is 0. The molecular weight excluding hydrogens is 242 g/mol. The Hall–Kier alpha value is 0.0800. The molecule has 0 heterocycles. The van der Waals surface area contributed by atoms with E-state index in [4.69, 9.17) is 4.52 Å². The van der Waals surface area contributed by atoms with Crippen LogP contribution in [0.3, 0.4) is 0 Å². The van der Waals surface area contributed by atoms with Gasteiger partial charge in [-0.2, -0.15) is 0 Å². The lowest BCUT2D eigenvalue weighted by Crippen LogP contribution is -2.28. The van der Waals surface area contributed by atoms with E-state index >= 15 is 0 Å². The maximum atomic E-state index is 13.3. The molecule has 1 rings (SSSR count). The number of rotatable bonds is 4. The SMILES string of the molecule is CCOP(=O)(F)OC1CCC(C(C)(C)C)CC1. The Labute approximate surface area is 104 Å². The van der Waals surface area contributed by atoms with Crippen LogP contribution in [0.25, 0.3) is 0 Å². The Balaban J connectivity index is 2.40. The molecular formula is C12H24FO3P. The van der Waals surface area contributed by atoms with Gasteiger partial charge in [-0.1, -0.05) is 20.8 Å². The average Bonchev–Trinajstić information content (AvgIpc) is 2.16. The molecule has 0 aromatic heterocycles. The molecule has 5 heteroatoms. The first-order valence-electron chi connectivity index (χ1n) is 6.37. The summed E-state index contributed by atoms with van der Waals surface area (Å²) in [7, 11) is -4.32. The molecule has 0 aromatic rings. The number of halogens is 1. The lowest BCUT2D eigenvalue weighted by molar-refractivity contribution is 0.0627. The monoisotopic (exact) mass is 266 g/mol. The zero-order chi connectivity index (χ0) is 13.1. The van der Waals surface area contributed by atoms with Crippen LogP contribution in [-0.2, 0) is 13.6 Å². The molecule has 1 aliphatic rings. The summed E-state index contributed by atoms with van der Waals surface area (Å²) in [6.07, 6.45) is 3.28. The fraction of sp³-hybridized carbons (Fsp3) is 1.00. The molecule has 0 saturated heterocycles. The average molecular weight is 266 g/mol. The molecule has 1 unspecified atom stereocenters. The van der Waals surface area contributed by atoms with Crippen molar-refractivity contribution in [2.45, 2.75) is 59.5 Å². The van der Waals surface area contributed by atoms with Crippen molar-refractivity contribution in [1.82, 2.24) is 0 Å². The van der Waals surface area contributed by atoms with Gasteiger partial charge >= 0.3 is 7.91 Å². The smallest absolute Gasteiger partial charge is 0.284 e. The lowest BCUT2D eigenvalue weighted by Gasteiger charge is -2.36. The summed E-state index contributed by atoms with van der Waals surface area (Å²) < 4.78 is 34.0. The molecule has 1 fully saturated rings. The van der Waals surface area contributed by atoms with E-state index in [1.165, 1.54) is 0 Å². The Morgan fingerprint density at radius 1 is 1.24 bits per heavy atom. The highest BCUT2D eigenvalue weighted by Crippen LogP contribution is 2.53. The van der Waals surface area contributed by atoms with Crippen LogP contribution in [0.5, 0.6) is 0 Å². The molecule has 0 aromatic carbocycles. The largest absolute Gasteiger partial charge is 0.513 e. The summed E-state index contributed by atoms with van der Waals surface area (Å²) in [5.41, 5.74) is 0.282.